The summed E-state index contributed by atoms with van der Waals surface area (Å²) in [4.78, 5) is 5.52. The summed E-state index contributed by atoms with van der Waals surface area (Å²) in [5, 5.41) is 14.0. The zero-order valence-corrected chi connectivity index (χ0v) is 12.2. The molecule has 0 amide bonds. The summed E-state index contributed by atoms with van der Waals surface area (Å²) in [5.74, 6) is 0.896. The number of rotatable bonds is 3. The zero-order valence-electron chi connectivity index (χ0n) is 12.2. The van der Waals surface area contributed by atoms with E-state index in [2.05, 4.69) is 10.1 Å². The van der Waals surface area contributed by atoms with E-state index in [0.29, 0.717) is 18.1 Å². The Morgan fingerprint density at radius 1 is 1.26 bits per heavy atom. The molecular weight excluding hydrogens is 313 g/mol. The van der Waals surface area contributed by atoms with Gasteiger partial charge in [0.25, 0.3) is 0 Å². The highest BCUT2D eigenvalue weighted by Gasteiger charge is 2.35. The first-order chi connectivity index (χ1) is 10.8. The SMILES string of the molecule is Cn1cc(O[C@@H]2CN(c3ccc(C(F)(F)F)cn3)C[C@H]2O)cn1. The Bertz CT molecular complexity index is 671. The molecule has 1 saturated heterocycles. The first kappa shape index (κ1) is 15.6. The smallest absolute Gasteiger partial charge is 0.417 e. The first-order valence-electron chi connectivity index (χ1n) is 6.94. The number of anilines is 1. The van der Waals surface area contributed by atoms with E-state index in [0.717, 1.165) is 12.3 Å². The van der Waals surface area contributed by atoms with Gasteiger partial charge in [-0.15, -0.1) is 0 Å². The molecule has 0 aliphatic carbocycles. The third-order valence-corrected chi connectivity index (χ3v) is 3.60. The van der Waals surface area contributed by atoms with Crippen LogP contribution < -0.4 is 9.64 Å². The summed E-state index contributed by atoms with van der Waals surface area (Å²) in [6, 6.07) is 2.27. The molecule has 0 saturated carbocycles. The topological polar surface area (TPSA) is 63.4 Å². The molecule has 23 heavy (non-hydrogen) atoms. The maximum absolute atomic E-state index is 12.5. The van der Waals surface area contributed by atoms with Crippen molar-refractivity contribution in [1.82, 2.24) is 14.8 Å². The van der Waals surface area contributed by atoms with Gasteiger partial charge in [0.2, 0.25) is 0 Å². The molecule has 0 bridgehead atoms. The fourth-order valence-electron chi connectivity index (χ4n) is 2.43. The standard InChI is InChI=1S/C14H15F3N4O2/c1-20-6-10(5-19-20)23-12-8-21(7-11(12)22)13-3-2-9(4-18-13)14(15,16)17/h2-6,11-12,22H,7-8H2,1H3/t11-,12-/m1/s1. The van der Waals surface area contributed by atoms with Gasteiger partial charge in [0.05, 0.1) is 24.5 Å². The van der Waals surface area contributed by atoms with E-state index < -0.39 is 23.9 Å². The molecule has 0 unspecified atom stereocenters. The highest BCUT2D eigenvalue weighted by molar-refractivity contribution is 5.42. The average Bonchev–Trinajstić information content (AvgIpc) is 3.05. The molecule has 3 rings (SSSR count). The molecule has 1 N–H and O–H groups in total. The van der Waals surface area contributed by atoms with Gasteiger partial charge in [-0.3, -0.25) is 4.68 Å². The fraction of sp³-hybridized carbons (Fsp3) is 0.429. The van der Waals surface area contributed by atoms with Crippen molar-refractivity contribution in [1.29, 1.82) is 0 Å². The second-order valence-corrected chi connectivity index (χ2v) is 5.38. The molecule has 1 fully saturated rings. The second kappa shape index (κ2) is 5.73. The maximum atomic E-state index is 12.5. The molecule has 1 aliphatic heterocycles. The van der Waals surface area contributed by atoms with Gasteiger partial charge < -0.3 is 14.7 Å². The Hall–Kier alpha value is -2.29. The van der Waals surface area contributed by atoms with Gasteiger partial charge in [0, 0.05) is 19.8 Å². The van der Waals surface area contributed by atoms with Crippen LogP contribution in [0.3, 0.4) is 0 Å². The average molecular weight is 328 g/mol. The highest BCUT2D eigenvalue weighted by atomic mass is 19.4. The number of alkyl halides is 3. The van der Waals surface area contributed by atoms with E-state index in [1.807, 2.05) is 0 Å². The van der Waals surface area contributed by atoms with Crippen LogP contribution >= 0.6 is 0 Å². The van der Waals surface area contributed by atoms with Crippen LogP contribution in [0.5, 0.6) is 5.75 Å². The minimum Gasteiger partial charge on any atom is -0.482 e. The lowest BCUT2D eigenvalue weighted by Gasteiger charge is -2.17. The van der Waals surface area contributed by atoms with Gasteiger partial charge in [-0.25, -0.2) is 4.98 Å². The molecule has 2 aromatic heterocycles. The zero-order chi connectivity index (χ0) is 16.6. The van der Waals surface area contributed by atoms with Crippen LogP contribution in [0, 0.1) is 0 Å². The lowest BCUT2D eigenvalue weighted by molar-refractivity contribution is -0.137. The predicted octanol–water partition coefficient (Wildman–Crippen LogP) is 1.46. The van der Waals surface area contributed by atoms with E-state index in [9.17, 15) is 18.3 Å². The van der Waals surface area contributed by atoms with Gasteiger partial charge in [-0.2, -0.15) is 18.3 Å². The highest BCUT2D eigenvalue weighted by Crippen LogP contribution is 2.30. The number of hydrogen-bond acceptors (Lipinski definition) is 5. The van der Waals surface area contributed by atoms with Crippen molar-refractivity contribution in [3.63, 3.8) is 0 Å². The minimum atomic E-state index is -4.41. The van der Waals surface area contributed by atoms with Gasteiger partial charge in [-0.1, -0.05) is 0 Å². The van der Waals surface area contributed by atoms with Crippen molar-refractivity contribution in [3.05, 3.63) is 36.3 Å². The van der Waals surface area contributed by atoms with Crippen LogP contribution in [0.25, 0.3) is 0 Å². The second-order valence-electron chi connectivity index (χ2n) is 5.38. The van der Waals surface area contributed by atoms with Crippen molar-refractivity contribution < 1.29 is 23.0 Å². The lowest BCUT2D eigenvalue weighted by atomic mass is 10.2. The molecule has 3 heterocycles. The fourth-order valence-corrected chi connectivity index (χ4v) is 2.43. The molecule has 2 atom stereocenters. The van der Waals surface area contributed by atoms with E-state index in [1.54, 1.807) is 22.8 Å². The molecule has 0 aromatic carbocycles. The summed E-state index contributed by atoms with van der Waals surface area (Å²) >= 11 is 0. The maximum Gasteiger partial charge on any atom is 0.417 e. The summed E-state index contributed by atoms with van der Waals surface area (Å²) < 4.78 is 44.9. The van der Waals surface area contributed by atoms with Crippen LogP contribution in [0.2, 0.25) is 0 Å². The van der Waals surface area contributed by atoms with E-state index in [1.165, 1.54) is 12.3 Å². The van der Waals surface area contributed by atoms with Crippen molar-refractivity contribution in [2.75, 3.05) is 18.0 Å². The van der Waals surface area contributed by atoms with Crippen LogP contribution in [-0.2, 0) is 13.2 Å². The monoisotopic (exact) mass is 328 g/mol. The van der Waals surface area contributed by atoms with Gasteiger partial charge in [0.1, 0.15) is 18.0 Å². The molecule has 1 aliphatic rings. The molecule has 0 radical (unpaired) electrons. The van der Waals surface area contributed by atoms with Crippen LogP contribution in [0.15, 0.2) is 30.7 Å². The Labute approximate surface area is 130 Å². The number of aromatic nitrogens is 3. The third kappa shape index (κ3) is 3.39. The summed E-state index contributed by atoms with van der Waals surface area (Å²) in [5.41, 5.74) is -0.802. The van der Waals surface area contributed by atoms with Crippen LogP contribution in [-0.4, -0.2) is 45.2 Å². The van der Waals surface area contributed by atoms with Crippen molar-refractivity contribution in [3.8, 4) is 5.75 Å². The van der Waals surface area contributed by atoms with Crippen molar-refractivity contribution in [2.45, 2.75) is 18.4 Å². The van der Waals surface area contributed by atoms with E-state index in [-0.39, 0.29) is 6.54 Å². The Kier molecular flexibility index (Phi) is 3.88. The quantitative estimate of drug-likeness (QED) is 0.924. The first-order valence-corrected chi connectivity index (χ1v) is 6.94. The van der Waals surface area contributed by atoms with E-state index >= 15 is 0 Å². The predicted molar refractivity (Wildman–Crippen MR) is 75.1 cm³/mol. The largest absolute Gasteiger partial charge is 0.482 e. The molecular formula is C14H15F3N4O2. The molecule has 2 aromatic rings. The number of nitrogens with zero attached hydrogens (tertiary/aromatic N) is 4. The minimum absolute atomic E-state index is 0.239. The Balaban J connectivity index is 1.68. The molecule has 0 spiro atoms. The molecule has 124 valence electrons. The van der Waals surface area contributed by atoms with E-state index in [4.69, 9.17) is 4.74 Å². The normalized spacial score (nSPS) is 21.7. The van der Waals surface area contributed by atoms with Crippen LogP contribution in [0.4, 0.5) is 19.0 Å². The number of pyridine rings is 1. The Morgan fingerprint density at radius 3 is 2.61 bits per heavy atom. The summed E-state index contributed by atoms with van der Waals surface area (Å²) in [6.45, 7) is 0.567. The number of halogens is 3. The number of ether oxygens (including phenoxy) is 1. The number of aliphatic hydroxyl groups excluding tert-OH is 1. The third-order valence-electron chi connectivity index (χ3n) is 3.60. The van der Waals surface area contributed by atoms with Gasteiger partial charge in [-0.05, 0) is 12.1 Å². The number of aryl methyl sites for hydroxylation is 1. The number of hydrogen-bond donors (Lipinski definition) is 1. The molecule has 9 heteroatoms. The van der Waals surface area contributed by atoms with Gasteiger partial charge >= 0.3 is 6.18 Å². The summed E-state index contributed by atoms with van der Waals surface area (Å²) in [7, 11) is 1.75. The summed E-state index contributed by atoms with van der Waals surface area (Å²) in [6.07, 6.45) is -1.68. The van der Waals surface area contributed by atoms with Gasteiger partial charge in [0.15, 0.2) is 5.75 Å². The Morgan fingerprint density at radius 2 is 2.04 bits per heavy atom. The van der Waals surface area contributed by atoms with Crippen molar-refractivity contribution in [2.24, 2.45) is 7.05 Å². The van der Waals surface area contributed by atoms with Crippen LogP contribution in [0.1, 0.15) is 5.56 Å². The lowest BCUT2D eigenvalue weighted by Crippen LogP contribution is -2.29. The molecule has 6 nitrogen and oxygen atoms in total. The number of aliphatic hydroxyl groups is 1. The number of β-amino-alcohol motifs (C(OH)–C–C–N with tert-alkyl or cyclic N) is 1. The van der Waals surface area contributed by atoms with Crippen molar-refractivity contribution >= 4 is 5.82 Å².